The fraction of sp³-hybridized carbons (Fsp3) is 0.652. The minimum Gasteiger partial charge on any atom is -0.340 e. The maximum absolute atomic E-state index is 13.0. The zero-order valence-corrected chi connectivity index (χ0v) is 17.1. The highest BCUT2D eigenvalue weighted by molar-refractivity contribution is 5.81. The number of benzene rings is 1. The summed E-state index contributed by atoms with van der Waals surface area (Å²) in [5.74, 6) is 0.857. The lowest BCUT2D eigenvalue weighted by molar-refractivity contribution is -0.142. The van der Waals surface area contributed by atoms with E-state index in [1.54, 1.807) is 0 Å². The quantitative estimate of drug-likeness (QED) is 0.806. The molecule has 1 aliphatic carbocycles. The summed E-state index contributed by atoms with van der Waals surface area (Å²) < 4.78 is 0. The van der Waals surface area contributed by atoms with E-state index >= 15 is 0 Å². The second kappa shape index (κ2) is 8.64. The molecule has 1 saturated heterocycles. The van der Waals surface area contributed by atoms with Gasteiger partial charge in [0.25, 0.3) is 0 Å². The van der Waals surface area contributed by atoms with Gasteiger partial charge in [-0.15, -0.1) is 0 Å². The van der Waals surface area contributed by atoms with Crippen LogP contribution in [0.1, 0.15) is 43.7 Å². The molecule has 2 heterocycles. The van der Waals surface area contributed by atoms with Gasteiger partial charge in [-0.05, 0) is 49.8 Å². The highest BCUT2D eigenvalue weighted by atomic mass is 16.2. The average Bonchev–Trinajstić information content (AvgIpc) is 2.78. The van der Waals surface area contributed by atoms with Crippen LogP contribution in [0.5, 0.6) is 0 Å². The minimum absolute atomic E-state index is 0.103. The van der Waals surface area contributed by atoms with Crippen LogP contribution in [0.3, 0.4) is 0 Å². The molecule has 3 aliphatic rings. The summed E-state index contributed by atoms with van der Waals surface area (Å²) in [5, 5.41) is 0. The summed E-state index contributed by atoms with van der Waals surface area (Å²) in [7, 11) is 0. The number of carbonyl (C=O) groups excluding carboxylic acids is 2. The van der Waals surface area contributed by atoms with Crippen molar-refractivity contribution in [3.63, 3.8) is 0 Å². The lowest BCUT2D eigenvalue weighted by Gasteiger charge is -2.38. The molecule has 1 aromatic rings. The van der Waals surface area contributed by atoms with Crippen LogP contribution in [0, 0.1) is 11.8 Å². The van der Waals surface area contributed by atoms with Crippen molar-refractivity contribution < 1.29 is 9.59 Å². The molecular weight excluding hydrogens is 350 g/mol. The Balaban J connectivity index is 1.27. The predicted molar refractivity (Wildman–Crippen MR) is 110 cm³/mol. The molecule has 0 spiro atoms. The Morgan fingerprint density at radius 3 is 2.00 bits per heavy atom. The maximum Gasteiger partial charge on any atom is 0.225 e. The summed E-state index contributed by atoms with van der Waals surface area (Å²) in [6.07, 6.45) is 4.42. The highest BCUT2D eigenvalue weighted by Crippen LogP contribution is 2.32. The van der Waals surface area contributed by atoms with Gasteiger partial charge >= 0.3 is 0 Å². The average molecular weight is 384 g/mol. The van der Waals surface area contributed by atoms with Crippen molar-refractivity contribution >= 4 is 11.8 Å². The van der Waals surface area contributed by atoms with E-state index in [1.807, 2.05) is 4.90 Å². The van der Waals surface area contributed by atoms with Crippen LogP contribution >= 0.6 is 0 Å². The molecule has 0 atom stereocenters. The fourth-order valence-corrected chi connectivity index (χ4v) is 5.07. The number of amides is 2. The largest absolute Gasteiger partial charge is 0.340 e. The van der Waals surface area contributed by atoms with Gasteiger partial charge in [0, 0.05) is 51.1 Å². The van der Waals surface area contributed by atoms with Gasteiger partial charge in [-0.1, -0.05) is 31.2 Å². The van der Waals surface area contributed by atoms with E-state index in [0.29, 0.717) is 11.8 Å². The Labute approximate surface area is 168 Å². The van der Waals surface area contributed by atoms with E-state index in [-0.39, 0.29) is 11.8 Å². The molecule has 0 radical (unpaired) electrons. The minimum atomic E-state index is 0.103. The Bertz CT molecular complexity index is 704. The molecule has 2 fully saturated rings. The van der Waals surface area contributed by atoms with Crippen molar-refractivity contribution in [1.29, 1.82) is 0 Å². The van der Waals surface area contributed by atoms with Crippen LogP contribution in [0.15, 0.2) is 24.3 Å². The van der Waals surface area contributed by atoms with Crippen molar-refractivity contribution in [3.05, 3.63) is 35.4 Å². The summed E-state index contributed by atoms with van der Waals surface area (Å²) in [5.41, 5.74) is 2.67. The molecule has 0 unspecified atom stereocenters. The first kappa shape index (κ1) is 19.4. The van der Waals surface area contributed by atoms with Crippen molar-refractivity contribution in [2.75, 3.05) is 39.3 Å². The molecule has 0 aromatic heterocycles. The topological polar surface area (TPSA) is 43.9 Å². The van der Waals surface area contributed by atoms with E-state index in [9.17, 15) is 9.59 Å². The fourth-order valence-electron chi connectivity index (χ4n) is 5.07. The lowest BCUT2D eigenvalue weighted by Crippen LogP contribution is -2.50. The third-order valence-corrected chi connectivity index (χ3v) is 7.00. The van der Waals surface area contributed by atoms with Crippen LogP contribution in [-0.2, 0) is 22.6 Å². The molecule has 2 aliphatic heterocycles. The number of carbonyl (C=O) groups is 2. The van der Waals surface area contributed by atoms with E-state index in [2.05, 4.69) is 41.0 Å². The molecule has 2 amide bonds. The molecule has 5 nitrogen and oxygen atoms in total. The van der Waals surface area contributed by atoms with Crippen molar-refractivity contribution in [3.8, 4) is 0 Å². The highest BCUT2D eigenvalue weighted by Gasteiger charge is 2.35. The summed E-state index contributed by atoms with van der Waals surface area (Å²) >= 11 is 0. The van der Waals surface area contributed by atoms with Crippen molar-refractivity contribution in [2.45, 2.75) is 45.6 Å². The van der Waals surface area contributed by atoms with Gasteiger partial charge in [-0.25, -0.2) is 0 Å². The molecule has 1 saturated carbocycles. The zero-order chi connectivity index (χ0) is 19.5. The monoisotopic (exact) mass is 383 g/mol. The number of likely N-dealkylation sites (N-methyl/N-ethyl adjacent to an activating group) is 1. The molecular formula is C23H33N3O2. The molecule has 5 heteroatoms. The third kappa shape index (κ3) is 4.09. The van der Waals surface area contributed by atoms with Gasteiger partial charge in [-0.3, -0.25) is 9.59 Å². The molecule has 0 N–H and O–H groups in total. The summed E-state index contributed by atoms with van der Waals surface area (Å²) in [6, 6.07) is 8.46. The zero-order valence-electron chi connectivity index (χ0n) is 17.1. The molecule has 152 valence electrons. The number of rotatable bonds is 3. The Kier molecular flexibility index (Phi) is 6.00. The molecule has 1 aromatic carbocycles. The van der Waals surface area contributed by atoms with Crippen LogP contribution < -0.4 is 0 Å². The van der Waals surface area contributed by atoms with Crippen molar-refractivity contribution in [1.82, 2.24) is 14.7 Å². The first-order chi connectivity index (χ1) is 13.7. The molecule has 0 bridgehead atoms. The third-order valence-electron chi connectivity index (χ3n) is 7.00. The lowest BCUT2D eigenvalue weighted by atomic mass is 9.80. The van der Waals surface area contributed by atoms with Gasteiger partial charge in [-0.2, -0.15) is 0 Å². The summed E-state index contributed by atoms with van der Waals surface area (Å²) in [4.78, 5) is 32.4. The summed E-state index contributed by atoms with van der Waals surface area (Å²) in [6.45, 7) is 8.52. The Morgan fingerprint density at radius 2 is 1.39 bits per heavy atom. The molecule has 4 rings (SSSR count). The van der Waals surface area contributed by atoms with Gasteiger partial charge in [0.1, 0.15) is 0 Å². The maximum atomic E-state index is 13.0. The SMILES string of the molecule is CCN1CCN(C(=O)C2CCC(C(=O)N3CCc4ccccc4C3)CC2)CC1. The standard InChI is InChI=1S/C23H33N3O2/c1-2-24-13-15-25(16-14-24)22(27)19-7-9-20(10-8-19)23(28)26-12-11-18-5-3-4-6-21(18)17-26/h3-6,19-20H,2,7-17H2,1H3. The first-order valence-electron chi connectivity index (χ1n) is 11.0. The number of hydrogen-bond acceptors (Lipinski definition) is 3. The van der Waals surface area contributed by atoms with Gasteiger partial charge in [0.05, 0.1) is 0 Å². The van der Waals surface area contributed by atoms with E-state index in [0.717, 1.165) is 77.9 Å². The van der Waals surface area contributed by atoms with E-state index in [1.165, 1.54) is 11.1 Å². The van der Waals surface area contributed by atoms with Crippen LogP contribution in [0.4, 0.5) is 0 Å². The van der Waals surface area contributed by atoms with Crippen LogP contribution in [-0.4, -0.2) is 65.8 Å². The number of fused-ring (bicyclic) bond motifs is 1. The van der Waals surface area contributed by atoms with Crippen LogP contribution in [0.2, 0.25) is 0 Å². The van der Waals surface area contributed by atoms with E-state index in [4.69, 9.17) is 0 Å². The second-order valence-corrected chi connectivity index (χ2v) is 8.59. The second-order valence-electron chi connectivity index (χ2n) is 8.59. The normalized spacial score (nSPS) is 26.0. The number of nitrogens with zero attached hydrogens (tertiary/aromatic N) is 3. The smallest absolute Gasteiger partial charge is 0.225 e. The Hall–Kier alpha value is -1.88. The predicted octanol–water partition coefficient (Wildman–Crippen LogP) is 2.54. The Morgan fingerprint density at radius 1 is 0.821 bits per heavy atom. The molecule has 28 heavy (non-hydrogen) atoms. The number of piperazine rings is 1. The van der Waals surface area contributed by atoms with Crippen LogP contribution in [0.25, 0.3) is 0 Å². The van der Waals surface area contributed by atoms with Crippen molar-refractivity contribution in [2.24, 2.45) is 11.8 Å². The van der Waals surface area contributed by atoms with E-state index < -0.39 is 0 Å². The van der Waals surface area contributed by atoms with Gasteiger partial charge in [0.15, 0.2) is 0 Å². The number of hydrogen-bond donors (Lipinski definition) is 0. The van der Waals surface area contributed by atoms with Gasteiger partial charge < -0.3 is 14.7 Å². The van der Waals surface area contributed by atoms with Gasteiger partial charge in [0.2, 0.25) is 11.8 Å². The first-order valence-corrected chi connectivity index (χ1v) is 11.0.